The molecule has 1 amide bonds. The highest BCUT2D eigenvalue weighted by molar-refractivity contribution is 6.08. The first kappa shape index (κ1) is 16.6. The van der Waals surface area contributed by atoms with Gasteiger partial charge < -0.3 is 14.8 Å². The Balaban J connectivity index is 1.61. The first-order valence-corrected chi connectivity index (χ1v) is 8.34. The smallest absolute Gasteiger partial charge is 0.248 e. The number of carbonyl (C=O) groups is 1. The van der Waals surface area contributed by atoms with E-state index in [-0.39, 0.29) is 11.2 Å². The van der Waals surface area contributed by atoms with E-state index in [9.17, 15) is 14.7 Å². The normalized spacial score (nSPS) is 11.3. The first-order valence-electron chi connectivity index (χ1n) is 8.34. The average molecular weight is 357 g/mol. The van der Waals surface area contributed by atoms with Crippen LogP contribution in [-0.2, 0) is 4.79 Å². The molecule has 132 valence electrons. The van der Waals surface area contributed by atoms with Crippen LogP contribution >= 0.6 is 0 Å². The lowest BCUT2D eigenvalue weighted by atomic mass is 10.1. The number of anilines is 1. The fourth-order valence-corrected chi connectivity index (χ4v) is 2.95. The van der Waals surface area contributed by atoms with E-state index >= 15 is 0 Å². The molecule has 0 unspecified atom stereocenters. The lowest BCUT2D eigenvalue weighted by molar-refractivity contribution is -0.111. The highest BCUT2D eigenvalue weighted by atomic mass is 16.3. The molecule has 0 saturated heterocycles. The molecule has 5 heteroatoms. The first-order chi connectivity index (χ1) is 13.1. The second kappa shape index (κ2) is 6.80. The van der Waals surface area contributed by atoms with Gasteiger partial charge in [0.1, 0.15) is 17.6 Å². The molecule has 0 bridgehead atoms. The summed E-state index contributed by atoms with van der Waals surface area (Å²) in [6.45, 7) is 0. The minimum absolute atomic E-state index is 0.146. The Morgan fingerprint density at radius 1 is 0.926 bits per heavy atom. The minimum Gasteiger partial charge on any atom is -0.507 e. The largest absolute Gasteiger partial charge is 0.507 e. The fourth-order valence-electron chi connectivity index (χ4n) is 2.95. The minimum atomic E-state index is -0.390. The van der Waals surface area contributed by atoms with Crippen molar-refractivity contribution in [1.29, 1.82) is 0 Å². The summed E-state index contributed by atoms with van der Waals surface area (Å²) in [4.78, 5) is 24.7. The van der Waals surface area contributed by atoms with Crippen molar-refractivity contribution in [2.75, 3.05) is 5.32 Å². The van der Waals surface area contributed by atoms with Gasteiger partial charge in [-0.15, -0.1) is 0 Å². The van der Waals surface area contributed by atoms with Crippen LogP contribution in [-0.4, -0.2) is 11.0 Å². The molecular weight excluding hydrogens is 342 g/mol. The van der Waals surface area contributed by atoms with E-state index in [0.717, 1.165) is 5.39 Å². The van der Waals surface area contributed by atoms with Crippen molar-refractivity contribution in [3.8, 4) is 5.75 Å². The molecule has 0 aliphatic rings. The number of amides is 1. The summed E-state index contributed by atoms with van der Waals surface area (Å²) in [5.41, 5.74) is 1.17. The van der Waals surface area contributed by atoms with Gasteiger partial charge in [-0.2, -0.15) is 0 Å². The fraction of sp³-hybridized carbons (Fsp3) is 0. The molecule has 3 aromatic carbocycles. The predicted octanol–water partition coefficient (Wildman–Crippen LogP) is 4.30. The molecule has 0 fully saturated rings. The van der Waals surface area contributed by atoms with E-state index in [4.69, 9.17) is 4.42 Å². The molecule has 27 heavy (non-hydrogen) atoms. The Morgan fingerprint density at radius 2 is 1.67 bits per heavy atom. The van der Waals surface area contributed by atoms with E-state index in [1.54, 1.807) is 54.6 Å². The van der Waals surface area contributed by atoms with Gasteiger partial charge in [-0.25, -0.2) is 0 Å². The Morgan fingerprint density at radius 3 is 2.56 bits per heavy atom. The lowest BCUT2D eigenvalue weighted by Gasteiger charge is -2.08. The molecule has 1 heterocycles. The van der Waals surface area contributed by atoms with Crippen molar-refractivity contribution in [1.82, 2.24) is 0 Å². The van der Waals surface area contributed by atoms with Crippen molar-refractivity contribution < 1.29 is 14.3 Å². The molecule has 0 aliphatic carbocycles. The van der Waals surface area contributed by atoms with Gasteiger partial charge in [-0.05, 0) is 30.3 Å². The number of fused-ring (bicyclic) bond motifs is 2. The van der Waals surface area contributed by atoms with Crippen LogP contribution in [0.25, 0.3) is 27.8 Å². The number of hydrogen-bond donors (Lipinski definition) is 2. The molecule has 0 spiro atoms. The second-order valence-corrected chi connectivity index (χ2v) is 6.02. The van der Waals surface area contributed by atoms with Crippen molar-refractivity contribution in [3.63, 3.8) is 0 Å². The van der Waals surface area contributed by atoms with Gasteiger partial charge in [0.2, 0.25) is 5.91 Å². The quantitative estimate of drug-likeness (QED) is 0.536. The Labute approximate surface area is 154 Å². The molecule has 0 aliphatic heterocycles. The molecule has 0 radical (unpaired) electrons. The Hall–Kier alpha value is -3.86. The average Bonchev–Trinajstić information content (AvgIpc) is 2.68. The van der Waals surface area contributed by atoms with Crippen LogP contribution in [0.15, 0.2) is 82.2 Å². The van der Waals surface area contributed by atoms with E-state index < -0.39 is 5.91 Å². The van der Waals surface area contributed by atoms with Gasteiger partial charge in [-0.1, -0.05) is 36.4 Å². The van der Waals surface area contributed by atoms with E-state index in [0.29, 0.717) is 27.6 Å². The van der Waals surface area contributed by atoms with Crippen LogP contribution in [0, 0.1) is 0 Å². The number of benzene rings is 3. The Kier molecular flexibility index (Phi) is 4.18. The summed E-state index contributed by atoms with van der Waals surface area (Å²) in [5, 5.41) is 14.5. The molecule has 4 aromatic rings. The van der Waals surface area contributed by atoms with E-state index in [2.05, 4.69) is 5.32 Å². The van der Waals surface area contributed by atoms with E-state index in [1.807, 2.05) is 6.07 Å². The van der Waals surface area contributed by atoms with Crippen LogP contribution < -0.4 is 10.7 Å². The second-order valence-electron chi connectivity index (χ2n) is 6.02. The summed E-state index contributed by atoms with van der Waals surface area (Å²) in [5.74, 6) is -0.244. The maximum atomic E-state index is 12.4. The van der Waals surface area contributed by atoms with Gasteiger partial charge in [0.25, 0.3) is 0 Å². The van der Waals surface area contributed by atoms with Crippen LogP contribution in [0.2, 0.25) is 0 Å². The van der Waals surface area contributed by atoms with Crippen molar-refractivity contribution in [2.24, 2.45) is 0 Å². The summed E-state index contributed by atoms with van der Waals surface area (Å²) >= 11 is 0. The maximum absolute atomic E-state index is 12.4. The number of para-hydroxylation sites is 1. The van der Waals surface area contributed by atoms with Gasteiger partial charge in [-0.3, -0.25) is 9.59 Å². The SMILES string of the molecule is O=C(/C=C/c1coc2ccccc2c1=O)Nc1cccc2c(O)cccc12. The predicted molar refractivity (Wildman–Crippen MR) is 106 cm³/mol. The highest BCUT2D eigenvalue weighted by Gasteiger charge is 2.07. The topological polar surface area (TPSA) is 79.5 Å². The van der Waals surface area contributed by atoms with Crippen molar-refractivity contribution in [3.05, 3.63) is 88.8 Å². The molecular formula is C22H15NO4. The van der Waals surface area contributed by atoms with Gasteiger partial charge in [0, 0.05) is 22.5 Å². The third kappa shape index (κ3) is 3.18. The summed E-state index contributed by atoms with van der Waals surface area (Å²) in [6.07, 6.45) is 4.04. The number of hydrogen-bond acceptors (Lipinski definition) is 4. The van der Waals surface area contributed by atoms with Gasteiger partial charge in [0.15, 0.2) is 5.43 Å². The molecule has 2 N–H and O–H groups in total. The zero-order valence-corrected chi connectivity index (χ0v) is 14.2. The summed E-state index contributed by atoms with van der Waals surface area (Å²) in [7, 11) is 0. The third-order valence-electron chi connectivity index (χ3n) is 4.28. The third-order valence-corrected chi connectivity index (χ3v) is 4.28. The van der Waals surface area contributed by atoms with Crippen LogP contribution in [0.5, 0.6) is 5.75 Å². The standard InChI is InChI=1S/C22H15NO4/c24-19-9-4-6-15-16(19)7-3-8-18(15)23-21(25)12-11-14-13-27-20-10-2-1-5-17(20)22(14)26/h1-13,24H,(H,23,25)/b12-11+. The number of nitrogens with one attached hydrogen (secondary N) is 1. The van der Waals surface area contributed by atoms with E-state index in [1.165, 1.54) is 18.4 Å². The number of phenolic OH excluding ortho intramolecular Hbond substituents is 1. The van der Waals surface area contributed by atoms with Crippen molar-refractivity contribution >= 4 is 39.4 Å². The van der Waals surface area contributed by atoms with Crippen LogP contribution in [0.3, 0.4) is 0 Å². The monoisotopic (exact) mass is 357 g/mol. The molecule has 0 atom stereocenters. The molecule has 1 aromatic heterocycles. The van der Waals surface area contributed by atoms with Crippen LogP contribution in [0.4, 0.5) is 5.69 Å². The molecule has 5 nitrogen and oxygen atoms in total. The summed E-state index contributed by atoms with van der Waals surface area (Å²) in [6, 6.07) is 17.3. The number of carbonyl (C=O) groups excluding carboxylic acids is 1. The molecule has 4 rings (SSSR count). The zero-order chi connectivity index (χ0) is 18.8. The maximum Gasteiger partial charge on any atom is 0.248 e. The van der Waals surface area contributed by atoms with Gasteiger partial charge >= 0.3 is 0 Å². The lowest BCUT2D eigenvalue weighted by Crippen LogP contribution is -2.09. The highest BCUT2D eigenvalue weighted by Crippen LogP contribution is 2.29. The number of rotatable bonds is 3. The Bertz CT molecular complexity index is 1250. The number of aromatic hydroxyl groups is 1. The van der Waals surface area contributed by atoms with Crippen LogP contribution in [0.1, 0.15) is 5.56 Å². The summed E-state index contributed by atoms with van der Waals surface area (Å²) < 4.78 is 5.43. The molecule has 0 saturated carbocycles. The zero-order valence-electron chi connectivity index (χ0n) is 14.2. The van der Waals surface area contributed by atoms with Gasteiger partial charge in [0.05, 0.1) is 10.9 Å². The van der Waals surface area contributed by atoms with Crippen molar-refractivity contribution in [2.45, 2.75) is 0 Å². The number of phenols is 1.